The maximum atomic E-state index is 12.9. The molecule has 4 rings (SSSR count). The minimum atomic E-state index is -0.728. The molecule has 8 nitrogen and oxygen atoms in total. The first-order valence-corrected chi connectivity index (χ1v) is 10.1. The molecule has 0 radical (unpaired) electrons. The number of aromatic nitrogens is 4. The average molecular weight is 386 g/mol. The lowest BCUT2D eigenvalue weighted by atomic mass is 9.76. The minimum absolute atomic E-state index is 0.120. The molecule has 8 heteroatoms. The van der Waals surface area contributed by atoms with Crippen LogP contribution in [0, 0.1) is 11.3 Å². The van der Waals surface area contributed by atoms with Gasteiger partial charge in [0, 0.05) is 13.1 Å². The molecule has 150 valence electrons. The molecule has 2 bridgehead atoms. The van der Waals surface area contributed by atoms with Gasteiger partial charge >= 0.3 is 11.7 Å². The summed E-state index contributed by atoms with van der Waals surface area (Å²) >= 11 is 0. The summed E-state index contributed by atoms with van der Waals surface area (Å²) in [5.74, 6) is -0.0136. The van der Waals surface area contributed by atoms with Crippen LogP contribution in [0.4, 0.5) is 0 Å². The Labute approximate surface area is 161 Å². The summed E-state index contributed by atoms with van der Waals surface area (Å²) in [7, 11) is 0. The van der Waals surface area contributed by atoms with Crippen LogP contribution >= 0.6 is 0 Å². The van der Waals surface area contributed by atoms with Crippen molar-refractivity contribution in [3.8, 4) is 0 Å². The summed E-state index contributed by atoms with van der Waals surface area (Å²) in [6, 6.07) is 0. The number of aliphatic carboxylic acids is 1. The zero-order valence-corrected chi connectivity index (χ0v) is 16.3. The molecule has 1 saturated carbocycles. The number of aromatic amines is 1. The molecule has 2 aromatic heterocycles. The van der Waals surface area contributed by atoms with Gasteiger partial charge in [-0.1, -0.05) is 19.9 Å². The van der Waals surface area contributed by atoms with Crippen LogP contribution in [0.2, 0.25) is 0 Å². The zero-order valence-electron chi connectivity index (χ0n) is 16.3. The lowest BCUT2D eigenvalue weighted by molar-refractivity contribution is -0.148. The Hall–Kier alpha value is -2.64. The van der Waals surface area contributed by atoms with Crippen molar-refractivity contribution in [3.05, 3.63) is 32.7 Å². The van der Waals surface area contributed by atoms with Crippen molar-refractivity contribution in [3.63, 3.8) is 0 Å². The predicted octanol–water partition coefficient (Wildman–Crippen LogP) is 2.36. The number of aryl methyl sites for hydroxylation is 1. The number of carboxylic acids is 1. The van der Waals surface area contributed by atoms with E-state index in [1.54, 1.807) is 4.57 Å². The van der Waals surface area contributed by atoms with Gasteiger partial charge in [-0.25, -0.2) is 9.78 Å². The Morgan fingerprint density at radius 1 is 1.29 bits per heavy atom. The molecule has 0 saturated heterocycles. The van der Waals surface area contributed by atoms with E-state index >= 15 is 0 Å². The third kappa shape index (κ3) is 2.65. The van der Waals surface area contributed by atoms with Crippen LogP contribution in [0.25, 0.3) is 16.7 Å². The van der Waals surface area contributed by atoms with E-state index < -0.39 is 11.4 Å². The number of nitrogens with zero attached hydrogens (tertiary/aromatic N) is 3. The van der Waals surface area contributed by atoms with E-state index in [4.69, 9.17) is 0 Å². The molecular formula is C20H26N4O4. The number of fused-ring (bicyclic) bond motifs is 3. The third-order valence-corrected chi connectivity index (χ3v) is 6.24. The first kappa shape index (κ1) is 18.7. The van der Waals surface area contributed by atoms with E-state index in [0.717, 1.165) is 18.4 Å². The number of H-pyrrole nitrogens is 1. The first-order valence-electron chi connectivity index (χ1n) is 10.1. The van der Waals surface area contributed by atoms with Crippen molar-refractivity contribution >= 4 is 22.7 Å². The van der Waals surface area contributed by atoms with E-state index in [9.17, 15) is 19.5 Å². The fraction of sp³-hybridized carbons (Fsp3) is 0.600. The monoisotopic (exact) mass is 386 g/mol. The number of allylic oxidation sites excluding steroid dienone is 2. The standard InChI is InChI=1S/C20H26N4O4/c1-3-9-23-16-14(17(25)24(10-4-2)19(23)28)21-15(22-16)13-6-8-20(18(26)27)7-5-12(13)11-20/h6,12H,3-5,7-11H2,1-2H3,(H,21,22)(H,26,27). The number of nitrogens with one attached hydrogen (secondary N) is 1. The van der Waals surface area contributed by atoms with Gasteiger partial charge in [0.1, 0.15) is 11.3 Å². The minimum Gasteiger partial charge on any atom is -0.481 e. The van der Waals surface area contributed by atoms with Crippen LogP contribution in [-0.4, -0.2) is 30.2 Å². The van der Waals surface area contributed by atoms with Gasteiger partial charge < -0.3 is 10.1 Å². The van der Waals surface area contributed by atoms with Crippen molar-refractivity contribution < 1.29 is 9.90 Å². The van der Waals surface area contributed by atoms with Gasteiger partial charge in [-0.2, -0.15) is 0 Å². The van der Waals surface area contributed by atoms with E-state index in [1.165, 1.54) is 4.57 Å². The highest BCUT2D eigenvalue weighted by Gasteiger charge is 2.48. The van der Waals surface area contributed by atoms with Crippen molar-refractivity contribution in [2.45, 2.75) is 65.5 Å². The Morgan fingerprint density at radius 2 is 2.00 bits per heavy atom. The number of imidazole rings is 1. The Morgan fingerprint density at radius 3 is 2.68 bits per heavy atom. The predicted molar refractivity (Wildman–Crippen MR) is 105 cm³/mol. The van der Waals surface area contributed by atoms with E-state index in [-0.39, 0.29) is 17.2 Å². The molecule has 2 aromatic rings. The van der Waals surface area contributed by atoms with E-state index in [0.29, 0.717) is 55.8 Å². The van der Waals surface area contributed by atoms with Crippen molar-refractivity contribution in [2.75, 3.05) is 0 Å². The average Bonchev–Trinajstić information content (AvgIpc) is 3.26. The summed E-state index contributed by atoms with van der Waals surface area (Å²) in [5.41, 5.74) is 0.415. The summed E-state index contributed by atoms with van der Waals surface area (Å²) in [6.07, 6.45) is 5.96. The molecule has 2 unspecified atom stereocenters. The van der Waals surface area contributed by atoms with Crippen molar-refractivity contribution in [2.24, 2.45) is 11.3 Å². The number of carboxylic acid groups (broad SMARTS) is 1. The third-order valence-electron chi connectivity index (χ3n) is 6.24. The van der Waals surface area contributed by atoms with Crippen LogP contribution < -0.4 is 11.2 Å². The van der Waals surface area contributed by atoms with Gasteiger partial charge in [-0.3, -0.25) is 18.7 Å². The smallest absolute Gasteiger partial charge is 0.332 e. The molecule has 0 aliphatic heterocycles. The van der Waals surface area contributed by atoms with Crippen LogP contribution in [0.5, 0.6) is 0 Å². The molecule has 2 N–H and O–H groups in total. The highest BCUT2D eigenvalue weighted by atomic mass is 16.4. The molecular weight excluding hydrogens is 360 g/mol. The normalized spacial score (nSPS) is 23.9. The van der Waals surface area contributed by atoms with Crippen LogP contribution in [-0.2, 0) is 17.9 Å². The van der Waals surface area contributed by atoms with Gasteiger partial charge in [0.2, 0.25) is 0 Å². The molecule has 2 heterocycles. The lowest BCUT2D eigenvalue weighted by Crippen LogP contribution is -2.40. The Kier molecular flexibility index (Phi) is 4.51. The maximum absolute atomic E-state index is 12.9. The highest BCUT2D eigenvalue weighted by Crippen LogP contribution is 2.53. The lowest BCUT2D eigenvalue weighted by Gasteiger charge is -2.27. The van der Waals surface area contributed by atoms with E-state index in [1.807, 2.05) is 19.9 Å². The Balaban J connectivity index is 1.86. The van der Waals surface area contributed by atoms with E-state index in [2.05, 4.69) is 9.97 Å². The first-order chi connectivity index (χ1) is 13.4. The zero-order chi connectivity index (χ0) is 20.1. The molecule has 0 spiro atoms. The SMILES string of the molecule is CCCn1c(=O)c2[nH]c(C3=CCC4(C(=O)O)CCC3C4)nc2n(CCC)c1=O. The molecule has 0 amide bonds. The fourth-order valence-corrected chi connectivity index (χ4v) is 4.77. The molecule has 28 heavy (non-hydrogen) atoms. The Bertz CT molecular complexity index is 1090. The molecule has 1 fully saturated rings. The van der Waals surface area contributed by atoms with Gasteiger partial charge in [0.25, 0.3) is 5.56 Å². The second kappa shape index (κ2) is 6.76. The number of carbonyl (C=O) groups is 1. The van der Waals surface area contributed by atoms with Crippen molar-refractivity contribution in [1.29, 1.82) is 0 Å². The summed E-state index contributed by atoms with van der Waals surface area (Å²) in [6.45, 7) is 4.78. The topological polar surface area (TPSA) is 110 Å². The maximum Gasteiger partial charge on any atom is 0.332 e. The van der Waals surface area contributed by atoms with Gasteiger partial charge in [-0.15, -0.1) is 0 Å². The second-order valence-electron chi connectivity index (χ2n) is 8.06. The highest BCUT2D eigenvalue weighted by molar-refractivity contribution is 5.81. The fourth-order valence-electron chi connectivity index (χ4n) is 4.77. The second-order valence-corrected chi connectivity index (χ2v) is 8.06. The number of hydrogen-bond acceptors (Lipinski definition) is 4. The van der Waals surface area contributed by atoms with Gasteiger partial charge in [0.05, 0.1) is 5.41 Å². The van der Waals surface area contributed by atoms with Gasteiger partial charge in [-0.05, 0) is 50.0 Å². The van der Waals surface area contributed by atoms with Gasteiger partial charge in [0.15, 0.2) is 5.65 Å². The summed E-state index contributed by atoms with van der Waals surface area (Å²) < 4.78 is 2.85. The summed E-state index contributed by atoms with van der Waals surface area (Å²) in [5, 5.41) is 9.60. The molecule has 2 aliphatic carbocycles. The largest absolute Gasteiger partial charge is 0.481 e. The molecule has 2 aliphatic rings. The quantitative estimate of drug-likeness (QED) is 0.792. The number of hydrogen-bond donors (Lipinski definition) is 2. The van der Waals surface area contributed by atoms with Crippen LogP contribution in [0.1, 0.15) is 58.2 Å². The number of rotatable bonds is 6. The van der Waals surface area contributed by atoms with Crippen molar-refractivity contribution in [1.82, 2.24) is 19.1 Å². The van der Waals surface area contributed by atoms with Crippen LogP contribution in [0.15, 0.2) is 15.7 Å². The summed E-state index contributed by atoms with van der Waals surface area (Å²) in [4.78, 5) is 45.2. The molecule has 0 aromatic carbocycles. The van der Waals surface area contributed by atoms with Crippen LogP contribution in [0.3, 0.4) is 0 Å². The molecule has 2 atom stereocenters.